The van der Waals surface area contributed by atoms with E-state index in [9.17, 15) is 9.59 Å². The number of hydrogen-bond donors (Lipinski definition) is 0. The number of carbonyl (C=O) groups is 2. The van der Waals surface area contributed by atoms with Gasteiger partial charge in [-0.2, -0.15) is 0 Å². The summed E-state index contributed by atoms with van der Waals surface area (Å²) in [5, 5.41) is 0. The van der Waals surface area contributed by atoms with Crippen LogP contribution in [0.15, 0.2) is 0 Å². The molecular formula is C13H23NO3. The van der Waals surface area contributed by atoms with E-state index < -0.39 is 12.1 Å². The Labute approximate surface area is 103 Å². The SMILES string of the molecule is CC(=O)O[C@@H](C)C(=O)N1CCCC[C@H]1C(C)C. The summed E-state index contributed by atoms with van der Waals surface area (Å²) < 4.78 is 4.96. The van der Waals surface area contributed by atoms with Crippen LogP contribution in [-0.2, 0) is 14.3 Å². The predicted octanol–water partition coefficient (Wildman–Crippen LogP) is 1.98. The Morgan fingerprint density at radius 1 is 1.24 bits per heavy atom. The molecule has 0 aliphatic carbocycles. The molecule has 0 radical (unpaired) electrons. The minimum atomic E-state index is -0.660. The smallest absolute Gasteiger partial charge is 0.303 e. The Balaban J connectivity index is 2.67. The van der Waals surface area contributed by atoms with Crippen molar-refractivity contribution in [2.24, 2.45) is 5.92 Å². The highest BCUT2D eigenvalue weighted by atomic mass is 16.5. The number of likely N-dealkylation sites (tertiary alicyclic amines) is 1. The van der Waals surface area contributed by atoms with Crippen LogP contribution in [0.25, 0.3) is 0 Å². The minimum absolute atomic E-state index is 0.0569. The van der Waals surface area contributed by atoms with E-state index in [1.165, 1.54) is 13.3 Å². The molecule has 1 rings (SSSR count). The third kappa shape index (κ3) is 3.72. The number of esters is 1. The lowest BCUT2D eigenvalue weighted by atomic mass is 9.92. The first-order valence-electron chi connectivity index (χ1n) is 6.41. The van der Waals surface area contributed by atoms with Crippen molar-refractivity contribution >= 4 is 11.9 Å². The van der Waals surface area contributed by atoms with Crippen molar-refractivity contribution < 1.29 is 14.3 Å². The number of carbonyl (C=O) groups excluding carboxylic acids is 2. The van der Waals surface area contributed by atoms with Gasteiger partial charge in [0, 0.05) is 19.5 Å². The highest BCUT2D eigenvalue weighted by molar-refractivity contribution is 5.83. The molecule has 17 heavy (non-hydrogen) atoms. The number of amides is 1. The topological polar surface area (TPSA) is 46.6 Å². The molecule has 1 aliphatic rings. The van der Waals surface area contributed by atoms with Crippen molar-refractivity contribution in [1.82, 2.24) is 4.90 Å². The summed E-state index contributed by atoms with van der Waals surface area (Å²) in [5.74, 6) is -0.00802. The van der Waals surface area contributed by atoms with Crippen LogP contribution in [0.1, 0.15) is 47.0 Å². The fraction of sp³-hybridized carbons (Fsp3) is 0.846. The molecule has 4 nitrogen and oxygen atoms in total. The van der Waals surface area contributed by atoms with E-state index in [-0.39, 0.29) is 11.9 Å². The van der Waals surface area contributed by atoms with Crippen molar-refractivity contribution in [3.8, 4) is 0 Å². The lowest BCUT2D eigenvalue weighted by Gasteiger charge is -2.39. The van der Waals surface area contributed by atoms with Gasteiger partial charge in [-0.05, 0) is 32.1 Å². The molecule has 1 fully saturated rings. The molecular weight excluding hydrogens is 218 g/mol. The zero-order chi connectivity index (χ0) is 13.0. The van der Waals surface area contributed by atoms with Crippen molar-refractivity contribution in [3.05, 3.63) is 0 Å². The number of nitrogens with zero attached hydrogens (tertiary/aromatic N) is 1. The van der Waals surface area contributed by atoms with Crippen molar-refractivity contribution in [3.63, 3.8) is 0 Å². The lowest BCUT2D eigenvalue weighted by molar-refractivity contribution is -0.159. The monoisotopic (exact) mass is 241 g/mol. The Hall–Kier alpha value is -1.06. The maximum atomic E-state index is 12.2. The summed E-state index contributed by atoms with van der Waals surface area (Å²) in [6.45, 7) is 8.03. The molecule has 1 aliphatic heterocycles. The second kappa shape index (κ2) is 6.03. The molecule has 0 unspecified atom stereocenters. The lowest BCUT2D eigenvalue weighted by Crippen LogP contribution is -2.50. The first-order chi connectivity index (χ1) is 7.93. The van der Waals surface area contributed by atoms with Gasteiger partial charge in [0.1, 0.15) is 0 Å². The largest absolute Gasteiger partial charge is 0.453 e. The quantitative estimate of drug-likeness (QED) is 0.710. The van der Waals surface area contributed by atoms with Crippen LogP contribution >= 0.6 is 0 Å². The average molecular weight is 241 g/mol. The van der Waals surface area contributed by atoms with Crippen LogP contribution in [0.3, 0.4) is 0 Å². The van der Waals surface area contributed by atoms with Crippen LogP contribution < -0.4 is 0 Å². The zero-order valence-electron chi connectivity index (χ0n) is 11.2. The second-order valence-electron chi connectivity index (χ2n) is 5.09. The molecule has 1 amide bonds. The van der Waals surface area contributed by atoms with Crippen LogP contribution in [0.2, 0.25) is 0 Å². The number of hydrogen-bond acceptors (Lipinski definition) is 3. The third-order valence-electron chi connectivity index (χ3n) is 3.29. The molecule has 0 aromatic heterocycles. The van der Waals surface area contributed by atoms with Gasteiger partial charge in [0.25, 0.3) is 5.91 Å². The molecule has 1 heterocycles. The van der Waals surface area contributed by atoms with Crippen molar-refractivity contribution in [2.75, 3.05) is 6.54 Å². The van der Waals surface area contributed by atoms with Crippen molar-refractivity contribution in [1.29, 1.82) is 0 Å². The summed E-state index contributed by atoms with van der Waals surface area (Å²) in [7, 11) is 0. The fourth-order valence-electron chi connectivity index (χ4n) is 2.46. The van der Waals surface area contributed by atoms with Gasteiger partial charge in [-0.25, -0.2) is 0 Å². The molecule has 98 valence electrons. The standard InChI is InChI=1S/C13H23NO3/c1-9(2)12-7-5-6-8-14(12)13(16)10(3)17-11(4)15/h9-10,12H,5-8H2,1-4H3/t10-,12-/m0/s1. The van der Waals surface area contributed by atoms with Crippen molar-refractivity contribution in [2.45, 2.75) is 59.1 Å². The molecule has 0 saturated carbocycles. The van der Waals surface area contributed by atoms with Crippen LogP contribution in [0.4, 0.5) is 0 Å². The van der Waals surface area contributed by atoms with Crippen LogP contribution in [-0.4, -0.2) is 35.5 Å². The normalized spacial score (nSPS) is 22.4. The van der Waals surface area contributed by atoms with E-state index in [1.807, 2.05) is 4.90 Å². The molecule has 0 spiro atoms. The Morgan fingerprint density at radius 3 is 2.41 bits per heavy atom. The van der Waals surface area contributed by atoms with Gasteiger partial charge in [0.15, 0.2) is 6.10 Å². The molecule has 0 bridgehead atoms. The number of ether oxygens (including phenoxy) is 1. The summed E-state index contributed by atoms with van der Waals surface area (Å²) in [5.41, 5.74) is 0. The second-order valence-corrected chi connectivity index (χ2v) is 5.09. The molecule has 0 aromatic carbocycles. The molecule has 0 N–H and O–H groups in total. The summed E-state index contributed by atoms with van der Waals surface area (Å²) in [6, 6.07) is 0.286. The van der Waals surface area contributed by atoms with Gasteiger partial charge < -0.3 is 9.64 Å². The fourth-order valence-corrected chi connectivity index (χ4v) is 2.46. The van der Waals surface area contributed by atoms with E-state index >= 15 is 0 Å². The van der Waals surface area contributed by atoms with Crippen LogP contribution in [0.5, 0.6) is 0 Å². The minimum Gasteiger partial charge on any atom is -0.453 e. The summed E-state index contributed by atoms with van der Waals surface area (Å²) in [4.78, 5) is 25.0. The van der Waals surface area contributed by atoms with E-state index in [2.05, 4.69) is 13.8 Å². The first kappa shape index (κ1) is 14.0. The van der Waals surface area contributed by atoms with Gasteiger partial charge in [0.2, 0.25) is 0 Å². The van der Waals surface area contributed by atoms with Gasteiger partial charge in [-0.1, -0.05) is 13.8 Å². The zero-order valence-corrected chi connectivity index (χ0v) is 11.2. The molecule has 0 aromatic rings. The predicted molar refractivity (Wildman–Crippen MR) is 65.4 cm³/mol. The van der Waals surface area contributed by atoms with Gasteiger partial charge in [-0.15, -0.1) is 0 Å². The maximum absolute atomic E-state index is 12.2. The third-order valence-corrected chi connectivity index (χ3v) is 3.29. The Kier molecular flexibility index (Phi) is 4.97. The van der Waals surface area contributed by atoms with Crippen LogP contribution in [0, 0.1) is 5.92 Å². The maximum Gasteiger partial charge on any atom is 0.303 e. The number of piperidine rings is 1. The molecule has 1 saturated heterocycles. The summed E-state index contributed by atoms with van der Waals surface area (Å²) >= 11 is 0. The highest BCUT2D eigenvalue weighted by Gasteiger charge is 2.32. The Bertz CT molecular complexity index is 288. The molecule has 2 atom stereocenters. The number of rotatable bonds is 3. The van der Waals surface area contributed by atoms with E-state index in [1.54, 1.807) is 6.92 Å². The Morgan fingerprint density at radius 2 is 1.88 bits per heavy atom. The van der Waals surface area contributed by atoms with Gasteiger partial charge in [-0.3, -0.25) is 9.59 Å². The average Bonchev–Trinajstić information content (AvgIpc) is 2.27. The van der Waals surface area contributed by atoms with E-state index in [4.69, 9.17) is 4.74 Å². The van der Waals surface area contributed by atoms with E-state index in [0.29, 0.717) is 5.92 Å². The molecule has 4 heteroatoms. The van der Waals surface area contributed by atoms with E-state index in [0.717, 1.165) is 19.4 Å². The first-order valence-corrected chi connectivity index (χ1v) is 6.41. The highest BCUT2D eigenvalue weighted by Crippen LogP contribution is 2.24. The van der Waals surface area contributed by atoms with Gasteiger partial charge >= 0.3 is 5.97 Å². The van der Waals surface area contributed by atoms with Gasteiger partial charge in [0.05, 0.1) is 0 Å². The summed E-state index contributed by atoms with van der Waals surface area (Å²) in [6.07, 6.45) is 2.61.